The third-order valence-electron chi connectivity index (χ3n) is 2.04. The van der Waals surface area contributed by atoms with Crippen LogP contribution in [0.3, 0.4) is 0 Å². The Morgan fingerprint density at radius 2 is 1.00 bits per heavy atom. The molecule has 0 fully saturated rings. The van der Waals surface area contributed by atoms with Crippen molar-refractivity contribution in [2.45, 2.75) is 18.0 Å². The van der Waals surface area contributed by atoms with E-state index >= 15 is 0 Å². The van der Waals surface area contributed by atoms with Crippen molar-refractivity contribution in [1.29, 1.82) is 0 Å². The van der Waals surface area contributed by atoms with Gasteiger partial charge >= 0.3 is 18.0 Å². The second-order valence-corrected chi connectivity index (χ2v) is 5.14. The summed E-state index contributed by atoms with van der Waals surface area (Å²) in [6.07, 6.45) is -12.2. The van der Waals surface area contributed by atoms with Gasteiger partial charge in [-0.25, -0.2) is 4.39 Å². The highest BCUT2D eigenvalue weighted by Gasteiger charge is 2.73. The van der Waals surface area contributed by atoms with Gasteiger partial charge in [-0.3, -0.25) is 0 Å². The van der Waals surface area contributed by atoms with Crippen molar-refractivity contribution in [1.82, 2.24) is 0 Å². The molecule has 0 bridgehead atoms. The van der Waals surface area contributed by atoms with Gasteiger partial charge in [0.15, 0.2) is 0 Å². The molecular weight excluding hydrogens is 401 g/mol. The number of halogens is 9. The molecule has 18 heavy (non-hydrogen) atoms. The Bertz CT molecular complexity index is 415. The molecule has 0 atom stereocenters. The first-order chi connectivity index (χ1) is 7.89. The summed E-state index contributed by atoms with van der Waals surface area (Å²) in [5.41, 5.74) is -6.95. The molecule has 0 aliphatic rings. The average molecular weight is 404 g/mol. The van der Waals surface area contributed by atoms with Crippen LogP contribution in [0, 0.1) is 0 Å². The number of rotatable bonds is 1. The van der Waals surface area contributed by atoms with Crippen LogP contribution in [0.4, 0.5) is 30.7 Å². The summed E-state index contributed by atoms with van der Waals surface area (Å²) in [6.45, 7) is 0. The molecule has 0 aromatic heterocycles. The van der Waals surface area contributed by atoms with E-state index in [4.69, 9.17) is 0 Å². The van der Waals surface area contributed by atoms with Gasteiger partial charge in [0.2, 0.25) is 0 Å². The maximum atomic E-state index is 13.6. The summed E-state index contributed by atoms with van der Waals surface area (Å²) < 4.78 is 87.9. The van der Waals surface area contributed by atoms with Crippen LogP contribution in [0.25, 0.3) is 0 Å². The van der Waals surface area contributed by atoms with Crippen LogP contribution >= 0.6 is 31.9 Å². The lowest BCUT2D eigenvalue weighted by molar-refractivity contribution is -0.348. The normalized spacial score (nSPS) is 13.8. The SMILES string of the molecule is FC(F)(F)C(F)(c1cc(Br)cc(Br)c1)C(F)(F)F. The van der Waals surface area contributed by atoms with E-state index in [-0.39, 0.29) is 8.95 Å². The van der Waals surface area contributed by atoms with Crippen LogP contribution in [0.5, 0.6) is 0 Å². The van der Waals surface area contributed by atoms with E-state index in [2.05, 4.69) is 31.9 Å². The van der Waals surface area contributed by atoms with E-state index in [9.17, 15) is 30.7 Å². The molecular formula is C9H3Br2F7. The third kappa shape index (κ3) is 2.66. The monoisotopic (exact) mass is 402 g/mol. The summed E-state index contributed by atoms with van der Waals surface area (Å²) in [5, 5.41) is 0. The summed E-state index contributed by atoms with van der Waals surface area (Å²) in [4.78, 5) is 0. The van der Waals surface area contributed by atoms with Crippen molar-refractivity contribution in [3.63, 3.8) is 0 Å². The zero-order valence-electron chi connectivity index (χ0n) is 8.13. The molecule has 0 saturated heterocycles. The van der Waals surface area contributed by atoms with E-state index in [1.165, 1.54) is 6.07 Å². The van der Waals surface area contributed by atoms with Gasteiger partial charge < -0.3 is 0 Å². The standard InChI is InChI=1S/C9H3Br2F7/c10-5-1-4(2-6(11)3-5)7(12,8(13,14)15)9(16,17)18/h1-3H. The number of alkyl halides is 7. The lowest BCUT2D eigenvalue weighted by atomic mass is 9.94. The first-order valence-electron chi connectivity index (χ1n) is 4.18. The van der Waals surface area contributed by atoms with Gasteiger partial charge in [0, 0.05) is 14.5 Å². The molecule has 0 saturated carbocycles. The zero-order chi connectivity index (χ0) is 14.4. The molecule has 0 unspecified atom stereocenters. The molecule has 1 aromatic rings. The Kier molecular flexibility index (Phi) is 4.08. The molecule has 102 valence electrons. The predicted octanol–water partition coefficient (Wildman–Crippen LogP) is 5.50. The molecule has 0 amide bonds. The minimum absolute atomic E-state index is 0.109. The van der Waals surface area contributed by atoms with E-state index in [0.717, 1.165) is 0 Å². The minimum Gasteiger partial charge on any atom is -0.218 e. The van der Waals surface area contributed by atoms with Crippen LogP contribution < -0.4 is 0 Å². The van der Waals surface area contributed by atoms with Crippen LogP contribution in [-0.2, 0) is 5.67 Å². The largest absolute Gasteiger partial charge is 0.435 e. The minimum atomic E-state index is -6.11. The summed E-state index contributed by atoms with van der Waals surface area (Å²) in [7, 11) is 0. The number of hydrogen-bond acceptors (Lipinski definition) is 0. The lowest BCUT2D eigenvalue weighted by Crippen LogP contribution is -2.50. The van der Waals surface area contributed by atoms with E-state index in [1.54, 1.807) is 0 Å². The number of hydrogen-bond donors (Lipinski definition) is 0. The maximum absolute atomic E-state index is 13.6. The van der Waals surface area contributed by atoms with Crippen molar-refractivity contribution in [3.05, 3.63) is 32.7 Å². The van der Waals surface area contributed by atoms with Crippen LogP contribution in [0.1, 0.15) is 5.56 Å². The van der Waals surface area contributed by atoms with Crippen molar-refractivity contribution in [2.24, 2.45) is 0 Å². The van der Waals surface area contributed by atoms with Gasteiger partial charge in [0.25, 0.3) is 0 Å². The fourth-order valence-electron chi connectivity index (χ4n) is 1.24. The molecule has 0 aliphatic heterocycles. The molecule has 9 heteroatoms. The molecule has 0 heterocycles. The Morgan fingerprint density at radius 1 is 0.667 bits per heavy atom. The third-order valence-corrected chi connectivity index (χ3v) is 2.96. The zero-order valence-corrected chi connectivity index (χ0v) is 11.3. The maximum Gasteiger partial charge on any atom is 0.435 e. The first-order valence-corrected chi connectivity index (χ1v) is 5.77. The van der Waals surface area contributed by atoms with Crippen LogP contribution in [0.15, 0.2) is 27.1 Å². The van der Waals surface area contributed by atoms with Crippen LogP contribution in [0.2, 0.25) is 0 Å². The summed E-state index contributed by atoms with van der Waals surface area (Å²) in [5.74, 6) is 0. The quantitative estimate of drug-likeness (QED) is 0.543. The van der Waals surface area contributed by atoms with Crippen molar-refractivity contribution < 1.29 is 30.7 Å². The highest BCUT2D eigenvalue weighted by Crippen LogP contribution is 2.53. The summed E-state index contributed by atoms with van der Waals surface area (Å²) >= 11 is 5.42. The van der Waals surface area contributed by atoms with E-state index in [1.807, 2.05) is 0 Å². The summed E-state index contributed by atoms with van der Waals surface area (Å²) in [6, 6.07) is 2.06. The predicted molar refractivity (Wildman–Crippen MR) is 56.7 cm³/mol. The molecule has 0 nitrogen and oxygen atoms in total. The Hall–Kier alpha value is -0.310. The molecule has 0 N–H and O–H groups in total. The topological polar surface area (TPSA) is 0 Å². The fourth-order valence-corrected chi connectivity index (χ4v) is 2.53. The number of benzene rings is 1. The second-order valence-electron chi connectivity index (χ2n) is 3.31. The average Bonchev–Trinajstić information content (AvgIpc) is 2.11. The molecule has 1 rings (SSSR count). The lowest BCUT2D eigenvalue weighted by Gasteiger charge is -2.30. The van der Waals surface area contributed by atoms with Crippen molar-refractivity contribution >= 4 is 31.9 Å². The Morgan fingerprint density at radius 3 is 1.28 bits per heavy atom. The molecule has 0 spiro atoms. The second kappa shape index (κ2) is 4.66. The van der Waals surface area contributed by atoms with E-state index in [0.29, 0.717) is 12.1 Å². The Balaban J connectivity index is 3.55. The van der Waals surface area contributed by atoms with Gasteiger partial charge in [-0.05, 0) is 18.2 Å². The highest BCUT2D eigenvalue weighted by atomic mass is 79.9. The highest BCUT2D eigenvalue weighted by molar-refractivity contribution is 9.11. The van der Waals surface area contributed by atoms with Gasteiger partial charge in [0.1, 0.15) is 0 Å². The molecule has 0 radical (unpaired) electrons. The van der Waals surface area contributed by atoms with Gasteiger partial charge in [-0.1, -0.05) is 31.9 Å². The fraction of sp³-hybridized carbons (Fsp3) is 0.333. The van der Waals surface area contributed by atoms with Crippen molar-refractivity contribution in [2.75, 3.05) is 0 Å². The first kappa shape index (κ1) is 15.7. The van der Waals surface area contributed by atoms with Crippen LogP contribution in [-0.4, -0.2) is 12.4 Å². The Labute approximate surface area is 113 Å². The van der Waals surface area contributed by atoms with Gasteiger partial charge in [-0.2, -0.15) is 26.3 Å². The van der Waals surface area contributed by atoms with Gasteiger partial charge in [-0.15, -0.1) is 0 Å². The van der Waals surface area contributed by atoms with Gasteiger partial charge in [0.05, 0.1) is 0 Å². The molecule has 1 aromatic carbocycles. The molecule has 0 aliphatic carbocycles. The van der Waals surface area contributed by atoms with Crippen molar-refractivity contribution in [3.8, 4) is 0 Å². The van der Waals surface area contributed by atoms with E-state index < -0.39 is 23.6 Å². The smallest absolute Gasteiger partial charge is 0.218 e.